The van der Waals surface area contributed by atoms with Gasteiger partial charge in [0.2, 0.25) is 0 Å². The fraction of sp³-hybridized carbons (Fsp3) is 0.615. The summed E-state index contributed by atoms with van der Waals surface area (Å²) in [6.45, 7) is 9.89. The molecule has 2 aromatic heterocycles. The van der Waals surface area contributed by atoms with Crippen molar-refractivity contribution in [3.63, 3.8) is 0 Å². The quantitative estimate of drug-likeness (QED) is 0.860. The Morgan fingerprint density at radius 1 is 1.35 bits per heavy atom. The van der Waals surface area contributed by atoms with Crippen LogP contribution in [-0.2, 0) is 24.3 Å². The number of thiazole rings is 1. The zero-order valence-corrected chi connectivity index (χ0v) is 14.0. The summed E-state index contributed by atoms with van der Waals surface area (Å²) in [6.07, 6.45) is 0. The molecule has 5 nitrogen and oxygen atoms in total. The van der Waals surface area contributed by atoms with Crippen molar-refractivity contribution < 1.29 is 0 Å². The average Bonchev–Trinajstić information content (AvgIpc) is 3.01. The highest BCUT2D eigenvalue weighted by Crippen LogP contribution is 2.28. The van der Waals surface area contributed by atoms with Crippen LogP contribution in [0.2, 0.25) is 0 Å². The van der Waals surface area contributed by atoms with E-state index in [-0.39, 0.29) is 5.41 Å². The van der Waals surface area contributed by atoms with Crippen LogP contribution in [-0.4, -0.2) is 19.7 Å². The fourth-order valence-electron chi connectivity index (χ4n) is 1.75. The Bertz CT molecular complexity index is 568. The minimum Gasteiger partial charge on any atom is -0.324 e. The molecule has 0 aliphatic carbocycles. The van der Waals surface area contributed by atoms with Crippen LogP contribution in [0.25, 0.3) is 0 Å². The average molecular weight is 311 g/mol. The van der Waals surface area contributed by atoms with Crippen LogP contribution in [0.4, 0.5) is 0 Å². The van der Waals surface area contributed by atoms with Crippen LogP contribution in [0.5, 0.6) is 0 Å². The van der Waals surface area contributed by atoms with Gasteiger partial charge in [0.25, 0.3) is 0 Å². The lowest BCUT2D eigenvalue weighted by Gasteiger charge is -2.13. The number of hydrogen-bond donors (Lipinski definition) is 1. The zero-order chi connectivity index (χ0) is 14.8. The van der Waals surface area contributed by atoms with Crippen molar-refractivity contribution in [1.29, 1.82) is 0 Å². The van der Waals surface area contributed by atoms with E-state index in [2.05, 4.69) is 47.8 Å². The third-order valence-corrected chi connectivity index (χ3v) is 5.15. The number of rotatable bonds is 5. The molecule has 7 heteroatoms. The molecule has 0 bridgehead atoms. The summed E-state index contributed by atoms with van der Waals surface area (Å²) in [5.74, 6) is 1.65. The molecule has 0 saturated carbocycles. The summed E-state index contributed by atoms with van der Waals surface area (Å²) >= 11 is 3.39. The van der Waals surface area contributed by atoms with E-state index in [1.165, 1.54) is 5.01 Å². The van der Waals surface area contributed by atoms with E-state index in [0.29, 0.717) is 6.54 Å². The maximum atomic E-state index is 5.65. The lowest BCUT2D eigenvalue weighted by molar-refractivity contribution is 0.584. The molecule has 0 aliphatic rings. The maximum Gasteiger partial charge on any atom is 0.191 e. The molecule has 2 rings (SSSR count). The second-order valence-electron chi connectivity index (χ2n) is 5.53. The van der Waals surface area contributed by atoms with Gasteiger partial charge in [0.15, 0.2) is 5.16 Å². The molecule has 0 atom stereocenters. The highest BCUT2D eigenvalue weighted by atomic mass is 32.2. The third-order valence-electron chi connectivity index (χ3n) is 2.83. The van der Waals surface area contributed by atoms with Gasteiger partial charge in [-0.05, 0) is 6.92 Å². The molecule has 20 heavy (non-hydrogen) atoms. The molecule has 2 heterocycles. The summed E-state index contributed by atoms with van der Waals surface area (Å²) < 4.78 is 2.06. The van der Waals surface area contributed by atoms with Gasteiger partial charge in [-0.2, -0.15) is 0 Å². The molecule has 0 unspecified atom stereocenters. The van der Waals surface area contributed by atoms with Crippen molar-refractivity contribution in [1.82, 2.24) is 19.7 Å². The fourth-order valence-corrected chi connectivity index (χ4v) is 3.68. The van der Waals surface area contributed by atoms with Gasteiger partial charge in [0.05, 0.1) is 17.2 Å². The normalized spacial score (nSPS) is 12.1. The lowest BCUT2D eigenvalue weighted by Crippen LogP contribution is -2.10. The second kappa shape index (κ2) is 6.24. The Kier molecular flexibility index (Phi) is 4.82. The first-order valence-electron chi connectivity index (χ1n) is 6.65. The Morgan fingerprint density at radius 3 is 2.65 bits per heavy atom. The van der Waals surface area contributed by atoms with E-state index in [4.69, 9.17) is 10.7 Å². The molecule has 0 aliphatic heterocycles. The highest BCUT2D eigenvalue weighted by molar-refractivity contribution is 7.98. The number of hydrogen-bond acceptors (Lipinski definition) is 6. The first kappa shape index (κ1) is 15.5. The molecular formula is C13H21N5S2. The predicted octanol–water partition coefficient (Wildman–Crippen LogP) is 2.80. The summed E-state index contributed by atoms with van der Waals surface area (Å²) in [4.78, 5) is 4.69. The monoisotopic (exact) mass is 311 g/mol. The Morgan fingerprint density at radius 2 is 2.10 bits per heavy atom. The minimum atomic E-state index is 0.115. The lowest BCUT2D eigenvalue weighted by atomic mass is 9.98. The molecule has 0 aromatic carbocycles. The van der Waals surface area contributed by atoms with Gasteiger partial charge >= 0.3 is 0 Å². The zero-order valence-electron chi connectivity index (χ0n) is 12.4. The molecule has 0 amide bonds. The molecule has 0 radical (unpaired) electrons. The van der Waals surface area contributed by atoms with Crippen LogP contribution < -0.4 is 5.73 Å². The molecule has 2 aromatic rings. The first-order valence-corrected chi connectivity index (χ1v) is 8.52. The predicted molar refractivity (Wildman–Crippen MR) is 84.0 cm³/mol. The Labute approximate surface area is 128 Å². The Balaban J connectivity index is 2.05. The summed E-state index contributed by atoms with van der Waals surface area (Å²) in [7, 11) is 0. The summed E-state index contributed by atoms with van der Waals surface area (Å²) in [5, 5.41) is 12.5. The summed E-state index contributed by atoms with van der Waals surface area (Å²) in [6, 6.07) is 0. The standard InChI is InChI=1S/C13H21N5S2/c1-5-18-10(6-14)16-17-12(18)20-8-9-7-19-11(15-9)13(2,3)4/h7H,5-6,8,14H2,1-4H3. The second-order valence-corrected chi connectivity index (χ2v) is 7.33. The maximum absolute atomic E-state index is 5.65. The first-order chi connectivity index (χ1) is 9.45. The van der Waals surface area contributed by atoms with E-state index in [1.54, 1.807) is 23.1 Å². The van der Waals surface area contributed by atoms with Crippen molar-refractivity contribution in [3.05, 3.63) is 21.9 Å². The number of nitrogens with zero attached hydrogens (tertiary/aromatic N) is 4. The largest absolute Gasteiger partial charge is 0.324 e. The van der Waals surface area contributed by atoms with Crippen LogP contribution in [0.1, 0.15) is 44.2 Å². The summed E-state index contributed by atoms with van der Waals surface area (Å²) in [5.41, 5.74) is 6.87. The molecule has 2 N–H and O–H groups in total. The van der Waals surface area contributed by atoms with Crippen molar-refractivity contribution in [3.8, 4) is 0 Å². The van der Waals surface area contributed by atoms with E-state index in [0.717, 1.165) is 29.0 Å². The molecular weight excluding hydrogens is 290 g/mol. The van der Waals surface area contributed by atoms with Crippen molar-refractivity contribution in [2.75, 3.05) is 0 Å². The van der Waals surface area contributed by atoms with Gasteiger partial charge in [-0.1, -0.05) is 32.5 Å². The van der Waals surface area contributed by atoms with Gasteiger partial charge in [-0.25, -0.2) is 4.98 Å². The van der Waals surface area contributed by atoms with Gasteiger partial charge in [0.1, 0.15) is 5.82 Å². The number of thioether (sulfide) groups is 1. The van der Waals surface area contributed by atoms with Crippen molar-refractivity contribution in [2.24, 2.45) is 5.73 Å². The third kappa shape index (κ3) is 3.39. The van der Waals surface area contributed by atoms with Gasteiger partial charge in [-0.15, -0.1) is 21.5 Å². The van der Waals surface area contributed by atoms with Gasteiger partial charge in [-0.3, -0.25) is 0 Å². The number of aromatic nitrogens is 4. The highest BCUT2D eigenvalue weighted by Gasteiger charge is 2.18. The molecule has 110 valence electrons. The van der Waals surface area contributed by atoms with E-state index >= 15 is 0 Å². The molecule has 0 spiro atoms. The van der Waals surface area contributed by atoms with E-state index < -0.39 is 0 Å². The van der Waals surface area contributed by atoms with Crippen LogP contribution in [0, 0.1) is 0 Å². The topological polar surface area (TPSA) is 69.6 Å². The van der Waals surface area contributed by atoms with Crippen LogP contribution in [0.15, 0.2) is 10.5 Å². The van der Waals surface area contributed by atoms with E-state index in [9.17, 15) is 0 Å². The van der Waals surface area contributed by atoms with Crippen LogP contribution in [0.3, 0.4) is 0 Å². The van der Waals surface area contributed by atoms with Crippen molar-refractivity contribution in [2.45, 2.75) is 57.1 Å². The molecule has 0 fully saturated rings. The number of nitrogens with two attached hydrogens (primary N) is 1. The van der Waals surface area contributed by atoms with Crippen molar-refractivity contribution >= 4 is 23.1 Å². The van der Waals surface area contributed by atoms with Gasteiger partial charge in [0, 0.05) is 23.1 Å². The Hall–Kier alpha value is -0.920. The minimum absolute atomic E-state index is 0.115. The van der Waals surface area contributed by atoms with E-state index in [1.807, 2.05) is 0 Å². The molecule has 0 saturated heterocycles. The smallest absolute Gasteiger partial charge is 0.191 e. The van der Waals surface area contributed by atoms with Crippen LogP contribution >= 0.6 is 23.1 Å². The van der Waals surface area contributed by atoms with Gasteiger partial charge < -0.3 is 10.3 Å². The SMILES string of the molecule is CCn1c(CN)nnc1SCc1csc(C(C)(C)C)n1.